The van der Waals surface area contributed by atoms with Gasteiger partial charge in [0.2, 0.25) is 0 Å². The minimum absolute atomic E-state index is 0.315. The van der Waals surface area contributed by atoms with E-state index in [1.165, 1.54) is 12.8 Å². The number of aromatic nitrogens is 1. The van der Waals surface area contributed by atoms with Gasteiger partial charge in [-0.1, -0.05) is 18.2 Å². The Bertz CT molecular complexity index is 670. The zero-order valence-electron chi connectivity index (χ0n) is 11.6. The van der Waals surface area contributed by atoms with E-state index < -0.39 is 0 Å². The maximum absolute atomic E-state index is 9.34. The number of para-hydroxylation sites is 1. The molecule has 1 atom stereocenters. The van der Waals surface area contributed by atoms with Crippen molar-refractivity contribution in [1.82, 2.24) is 4.98 Å². The van der Waals surface area contributed by atoms with Crippen LogP contribution in [0.15, 0.2) is 30.3 Å². The molecule has 102 valence electrons. The Morgan fingerprint density at radius 2 is 2.20 bits per heavy atom. The fraction of sp³-hybridized carbons (Fsp3) is 0.375. The van der Waals surface area contributed by atoms with E-state index in [0.717, 1.165) is 16.7 Å². The summed E-state index contributed by atoms with van der Waals surface area (Å²) in [7, 11) is 2.02. The lowest BCUT2D eigenvalue weighted by atomic mass is 10.1. The molecule has 2 aromatic rings. The van der Waals surface area contributed by atoms with Gasteiger partial charge in [0.15, 0.2) is 0 Å². The molecule has 0 saturated heterocycles. The van der Waals surface area contributed by atoms with Gasteiger partial charge in [0, 0.05) is 25.0 Å². The molecular formula is C16H18N4. The second-order valence-corrected chi connectivity index (χ2v) is 5.41. The number of fused-ring (bicyclic) bond motifs is 1. The normalized spacial score (nSPS) is 15.8. The zero-order chi connectivity index (χ0) is 14.1. The molecule has 1 aromatic carbocycles. The Morgan fingerprint density at radius 1 is 1.45 bits per heavy atom. The largest absolute Gasteiger partial charge is 0.355 e. The van der Waals surface area contributed by atoms with Crippen molar-refractivity contribution in [3.63, 3.8) is 0 Å². The van der Waals surface area contributed by atoms with Gasteiger partial charge < -0.3 is 10.6 Å². The summed E-state index contributed by atoms with van der Waals surface area (Å²) < 4.78 is 0. The molecule has 1 aliphatic rings. The number of benzene rings is 1. The Kier molecular flexibility index (Phi) is 3.29. The second kappa shape index (κ2) is 5.10. The molecule has 20 heavy (non-hydrogen) atoms. The average molecular weight is 266 g/mol. The SMILES string of the molecule is CN(c1cc(C#N)c2ccccc2n1)C(CN)C1CC1. The number of hydrogen-bond acceptors (Lipinski definition) is 4. The summed E-state index contributed by atoms with van der Waals surface area (Å²) >= 11 is 0. The van der Waals surface area contributed by atoms with Crippen molar-refractivity contribution < 1.29 is 0 Å². The van der Waals surface area contributed by atoms with Crippen molar-refractivity contribution in [2.75, 3.05) is 18.5 Å². The maximum Gasteiger partial charge on any atom is 0.130 e. The number of nitrogens with zero attached hydrogens (tertiary/aromatic N) is 3. The van der Waals surface area contributed by atoms with Crippen LogP contribution in [0.1, 0.15) is 18.4 Å². The van der Waals surface area contributed by atoms with Gasteiger partial charge in [0.25, 0.3) is 0 Å². The number of likely N-dealkylation sites (N-methyl/N-ethyl adjacent to an activating group) is 1. The molecule has 0 radical (unpaired) electrons. The van der Waals surface area contributed by atoms with Crippen molar-refractivity contribution in [2.24, 2.45) is 11.7 Å². The molecule has 1 heterocycles. The fourth-order valence-electron chi connectivity index (χ4n) is 2.75. The summed E-state index contributed by atoms with van der Waals surface area (Å²) in [6, 6.07) is 12.2. The average Bonchev–Trinajstić information content (AvgIpc) is 3.31. The molecule has 4 nitrogen and oxygen atoms in total. The summed E-state index contributed by atoms with van der Waals surface area (Å²) in [6.45, 7) is 0.623. The first kappa shape index (κ1) is 12.9. The lowest BCUT2D eigenvalue weighted by molar-refractivity contribution is 0.567. The van der Waals surface area contributed by atoms with Crippen LogP contribution in [0.25, 0.3) is 10.9 Å². The quantitative estimate of drug-likeness (QED) is 0.922. The standard InChI is InChI=1S/C16H18N4/c1-20(15(10-18)11-6-7-11)16-8-12(9-17)13-4-2-3-5-14(13)19-16/h2-5,8,11,15H,6-7,10,18H2,1H3. The van der Waals surface area contributed by atoms with E-state index in [1.807, 2.05) is 37.4 Å². The molecule has 1 saturated carbocycles. The first-order valence-electron chi connectivity index (χ1n) is 6.97. The van der Waals surface area contributed by atoms with Gasteiger partial charge in [0.1, 0.15) is 5.82 Å². The topological polar surface area (TPSA) is 65.9 Å². The van der Waals surface area contributed by atoms with Gasteiger partial charge in [-0.3, -0.25) is 0 Å². The molecule has 0 aliphatic heterocycles. The van der Waals surface area contributed by atoms with Gasteiger partial charge in [0.05, 0.1) is 17.1 Å². The van der Waals surface area contributed by atoms with Crippen LogP contribution >= 0.6 is 0 Å². The first-order valence-corrected chi connectivity index (χ1v) is 6.97. The van der Waals surface area contributed by atoms with Crippen LogP contribution in [-0.2, 0) is 0 Å². The van der Waals surface area contributed by atoms with Gasteiger partial charge in [-0.15, -0.1) is 0 Å². The Morgan fingerprint density at radius 3 is 2.85 bits per heavy atom. The lowest BCUT2D eigenvalue weighted by Crippen LogP contribution is -2.40. The lowest BCUT2D eigenvalue weighted by Gasteiger charge is -2.28. The van der Waals surface area contributed by atoms with Crippen molar-refractivity contribution >= 4 is 16.7 Å². The monoisotopic (exact) mass is 266 g/mol. The van der Waals surface area contributed by atoms with Gasteiger partial charge in [-0.25, -0.2) is 4.98 Å². The third-order valence-corrected chi connectivity index (χ3v) is 4.09. The van der Waals surface area contributed by atoms with Crippen molar-refractivity contribution in [1.29, 1.82) is 5.26 Å². The second-order valence-electron chi connectivity index (χ2n) is 5.41. The van der Waals surface area contributed by atoms with E-state index in [-0.39, 0.29) is 0 Å². The van der Waals surface area contributed by atoms with Crippen LogP contribution in [0.2, 0.25) is 0 Å². The fourth-order valence-corrected chi connectivity index (χ4v) is 2.75. The van der Waals surface area contributed by atoms with E-state index in [9.17, 15) is 5.26 Å². The highest BCUT2D eigenvalue weighted by Gasteiger charge is 2.33. The van der Waals surface area contributed by atoms with Crippen LogP contribution in [0.5, 0.6) is 0 Å². The van der Waals surface area contributed by atoms with Gasteiger partial charge in [-0.2, -0.15) is 5.26 Å². The highest BCUT2D eigenvalue weighted by molar-refractivity contribution is 5.86. The molecule has 1 aliphatic carbocycles. The summed E-state index contributed by atoms with van der Waals surface area (Å²) in [5.74, 6) is 1.51. The van der Waals surface area contributed by atoms with Gasteiger partial charge in [-0.05, 0) is 30.9 Å². The Hall–Kier alpha value is -2.12. The smallest absolute Gasteiger partial charge is 0.130 e. The number of nitriles is 1. The van der Waals surface area contributed by atoms with Crippen molar-refractivity contribution in [3.8, 4) is 6.07 Å². The summed E-state index contributed by atoms with van der Waals surface area (Å²) in [5.41, 5.74) is 7.43. The van der Waals surface area contributed by atoms with Gasteiger partial charge >= 0.3 is 0 Å². The third-order valence-electron chi connectivity index (χ3n) is 4.09. The number of rotatable bonds is 4. The first-order chi connectivity index (χ1) is 9.74. The molecule has 1 aromatic heterocycles. The molecule has 0 amide bonds. The van der Waals surface area contributed by atoms with Crippen molar-refractivity contribution in [2.45, 2.75) is 18.9 Å². The Labute approximate surface area is 118 Å². The number of hydrogen-bond donors (Lipinski definition) is 1. The molecule has 1 unspecified atom stereocenters. The van der Waals surface area contributed by atoms with Crippen LogP contribution in [0, 0.1) is 17.2 Å². The number of nitrogens with two attached hydrogens (primary N) is 1. The van der Waals surface area contributed by atoms with Crippen LogP contribution in [-0.4, -0.2) is 24.6 Å². The third kappa shape index (κ3) is 2.21. The van der Waals surface area contributed by atoms with Crippen LogP contribution in [0.4, 0.5) is 5.82 Å². The summed E-state index contributed by atoms with van der Waals surface area (Å²) in [4.78, 5) is 6.81. The molecular weight excluding hydrogens is 248 g/mol. The predicted molar refractivity (Wildman–Crippen MR) is 80.4 cm³/mol. The Balaban J connectivity index is 2.05. The van der Waals surface area contributed by atoms with E-state index >= 15 is 0 Å². The molecule has 3 rings (SSSR count). The van der Waals surface area contributed by atoms with Crippen molar-refractivity contribution in [3.05, 3.63) is 35.9 Å². The highest BCUT2D eigenvalue weighted by atomic mass is 15.2. The molecule has 0 spiro atoms. The predicted octanol–water partition coefficient (Wildman–Crippen LogP) is 2.28. The van der Waals surface area contributed by atoms with E-state index in [0.29, 0.717) is 24.1 Å². The zero-order valence-corrected chi connectivity index (χ0v) is 11.6. The minimum Gasteiger partial charge on any atom is -0.355 e. The van der Waals surface area contributed by atoms with Crippen LogP contribution in [0.3, 0.4) is 0 Å². The minimum atomic E-state index is 0.315. The summed E-state index contributed by atoms with van der Waals surface area (Å²) in [5, 5.41) is 10.2. The molecule has 1 fully saturated rings. The number of pyridine rings is 1. The maximum atomic E-state index is 9.34. The van der Waals surface area contributed by atoms with Crippen LogP contribution < -0.4 is 10.6 Å². The molecule has 4 heteroatoms. The van der Waals surface area contributed by atoms with E-state index in [1.54, 1.807) is 0 Å². The van der Waals surface area contributed by atoms with E-state index in [4.69, 9.17) is 5.73 Å². The molecule has 0 bridgehead atoms. The summed E-state index contributed by atoms with van der Waals surface area (Å²) in [6.07, 6.45) is 2.48. The number of anilines is 1. The highest BCUT2D eigenvalue weighted by Crippen LogP contribution is 2.36. The molecule has 2 N–H and O–H groups in total. The van der Waals surface area contributed by atoms with E-state index in [2.05, 4.69) is 16.0 Å².